The van der Waals surface area contributed by atoms with Crippen molar-refractivity contribution in [1.29, 1.82) is 0 Å². The Morgan fingerprint density at radius 1 is 1.05 bits per heavy atom. The van der Waals surface area contributed by atoms with Crippen molar-refractivity contribution in [3.8, 4) is 0 Å². The van der Waals surface area contributed by atoms with E-state index >= 15 is 0 Å². The normalized spacial score (nSPS) is 25.2. The summed E-state index contributed by atoms with van der Waals surface area (Å²) in [5.41, 5.74) is 4.11. The highest BCUT2D eigenvalue weighted by Gasteiger charge is 2.36. The minimum absolute atomic E-state index is 0.419. The van der Waals surface area contributed by atoms with E-state index in [1.807, 2.05) is 6.07 Å². The van der Waals surface area contributed by atoms with E-state index in [4.69, 9.17) is 11.6 Å². The number of hydrogen-bond donors (Lipinski definition) is 1. The molecule has 2 aliphatic heterocycles. The van der Waals surface area contributed by atoms with Crippen LogP contribution in [0.15, 0.2) is 48.5 Å². The van der Waals surface area contributed by atoms with Gasteiger partial charge in [0.2, 0.25) is 0 Å². The van der Waals surface area contributed by atoms with Crippen LogP contribution >= 0.6 is 11.6 Å². The third-order valence-electron chi connectivity index (χ3n) is 4.77. The summed E-state index contributed by atoms with van der Waals surface area (Å²) in [5.74, 6) is 0.425. The first-order valence-electron chi connectivity index (χ1n) is 7.62. The molecule has 0 amide bonds. The van der Waals surface area contributed by atoms with Crippen LogP contribution in [-0.4, -0.2) is 31.1 Å². The first-order chi connectivity index (χ1) is 10.3. The van der Waals surface area contributed by atoms with Crippen LogP contribution in [0.5, 0.6) is 0 Å². The second-order valence-corrected chi connectivity index (χ2v) is 6.33. The average Bonchev–Trinajstić information content (AvgIpc) is 2.55. The molecule has 3 heteroatoms. The van der Waals surface area contributed by atoms with Crippen molar-refractivity contribution in [3.05, 3.63) is 70.2 Å². The molecule has 1 N–H and O–H groups in total. The Morgan fingerprint density at radius 3 is 2.76 bits per heavy atom. The van der Waals surface area contributed by atoms with Crippen LogP contribution in [0, 0.1) is 0 Å². The van der Waals surface area contributed by atoms with Crippen molar-refractivity contribution in [3.63, 3.8) is 0 Å². The van der Waals surface area contributed by atoms with Crippen LogP contribution in [-0.2, 0) is 0 Å². The summed E-state index contributed by atoms with van der Waals surface area (Å²) in [4.78, 5) is 2.59. The number of nitrogens with zero attached hydrogens (tertiary/aromatic N) is 1. The second-order valence-electron chi connectivity index (χ2n) is 5.92. The van der Waals surface area contributed by atoms with Gasteiger partial charge in [0.05, 0.1) is 0 Å². The molecule has 0 aromatic heterocycles. The van der Waals surface area contributed by atoms with Gasteiger partial charge in [-0.3, -0.25) is 4.90 Å². The van der Waals surface area contributed by atoms with Gasteiger partial charge in [-0.1, -0.05) is 54.1 Å². The van der Waals surface area contributed by atoms with E-state index in [2.05, 4.69) is 52.7 Å². The first kappa shape index (κ1) is 13.3. The molecule has 2 aliphatic rings. The zero-order valence-corrected chi connectivity index (χ0v) is 12.7. The van der Waals surface area contributed by atoms with Gasteiger partial charge in [0.1, 0.15) is 0 Å². The molecule has 0 unspecified atom stereocenters. The molecule has 2 aromatic carbocycles. The quantitative estimate of drug-likeness (QED) is 0.868. The van der Waals surface area contributed by atoms with E-state index in [-0.39, 0.29) is 0 Å². The van der Waals surface area contributed by atoms with E-state index in [0.29, 0.717) is 12.0 Å². The summed E-state index contributed by atoms with van der Waals surface area (Å²) < 4.78 is 0. The molecule has 0 spiro atoms. The van der Waals surface area contributed by atoms with Gasteiger partial charge in [-0.05, 0) is 22.8 Å². The lowest BCUT2D eigenvalue weighted by Gasteiger charge is -2.44. The maximum absolute atomic E-state index is 6.56. The Balaban J connectivity index is 1.85. The van der Waals surface area contributed by atoms with E-state index in [0.717, 1.165) is 31.2 Å². The minimum atomic E-state index is 0.419. The third kappa shape index (κ3) is 2.28. The summed E-state index contributed by atoms with van der Waals surface area (Å²) in [6, 6.07) is 17.6. The topological polar surface area (TPSA) is 15.3 Å². The third-order valence-corrected chi connectivity index (χ3v) is 5.10. The molecule has 4 rings (SSSR count). The molecule has 0 aliphatic carbocycles. The Bertz CT molecular complexity index is 641. The summed E-state index contributed by atoms with van der Waals surface area (Å²) in [7, 11) is 0. The molecular formula is C18H19ClN2. The molecule has 21 heavy (non-hydrogen) atoms. The number of fused-ring (bicyclic) bond motifs is 3. The van der Waals surface area contributed by atoms with Crippen molar-refractivity contribution in [2.45, 2.75) is 12.0 Å². The second kappa shape index (κ2) is 5.45. The van der Waals surface area contributed by atoms with Gasteiger partial charge in [-0.2, -0.15) is 0 Å². The molecule has 2 heterocycles. The van der Waals surface area contributed by atoms with Gasteiger partial charge in [0, 0.05) is 43.2 Å². The smallest absolute Gasteiger partial charge is 0.0491 e. The SMILES string of the molecule is Clc1cccc2c1[C@H]1CNCCN1C[C@H]2c1ccccc1. The lowest BCUT2D eigenvalue weighted by molar-refractivity contribution is 0.143. The van der Waals surface area contributed by atoms with Gasteiger partial charge in [-0.25, -0.2) is 0 Å². The van der Waals surface area contributed by atoms with Crippen molar-refractivity contribution < 1.29 is 0 Å². The van der Waals surface area contributed by atoms with Crippen LogP contribution < -0.4 is 5.32 Å². The van der Waals surface area contributed by atoms with Gasteiger partial charge in [-0.15, -0.1) is 0 Å². The van der Waals surface area contributed by atoms with E-state index in [1.54, 1.807) is 0 Å². The lowest BCUT2D eigenvalue weighted by Crippen LogP contribution is -2.50. The Labute approximate surface area is 130 Å². The summed E-state index contributed by atoms with van der Waals surface area (Å²) in [5, 5.41) is 4.42. The monoisotopic (exact) mass is 298 g/mol. The zero-order valence-electron chi connectivity index (χ0n) is 11.9. The maximum atomic E-state index is 6.56. The molecule has 0 radical (unpaired) electrons. The molecule has 1 fully saturated rings. The number of nitrogens with one attached hydrogen (secondary N) is 1. The summed E-state index contributed by atoms with van der Waals surface area (Å²) >= 11 is 6.56. The molecule has 2 aromatic rings. The van der Waals surface area contributed by atoms with Crippen molar-refractivity contribution >= 4 is 11.6 Å². The van der Waals surface area contributed by atoms with Crippen LogP contribution in [0.1, 0.15) is 28.7 Å². The minimum Gasteiger partial charge on any atom is -0.314 e. The number of halogens is 1. The van der Waals surface area contributed by atoms with Gasteiger partial charge in [0.25, 0.3) is 0 Å². The van der Waals surface area contributed by atoms with Crippen molar-refractivity contribution in [2.75, 3.05) is 26.2 Å². The Hall–Kier alpha value is -1.35. The van der Waals surface area contributed by atoms with E-state index in [9.17, 15) is 0 Å². The summed E-state index contributed by atoms with van der Waals surface area (Å²) in [6.07, 6.45) is 0. The predicted octanol–water partition coefficient (Wildman–Crippen LogP) is 3.43. The number of piperazine rings is 1. The van der Waals surface area contributed by atoms with Gasteiger partial charge < -0.3 is 5.32 Å². The number of benzene rings is 2. The van der Waals surface area contributed by atoms with Crippen molar-refractivity contribution in [1.82, 2.24) is 10.2 Å². The van der Waals surface area contributed by atoms with Gasteiger partial charge >= 0.3 is 0 Å². The van der Waals surface area contributed by atoms with E-state index in [1.165, 1.54) is 16.7 Å². The largest absolute Gasteiger partial charge is 0.314 e. The van der Waals surface area contributed by atoms with Crippen LogP contribution in [0.2, 0.25) is 5.02 Å². The lowest BCUT2D eigenvalue weighted by atomic mass is 9.80. The average molecular weight is 299 g/mol. The van der Waals surface area contributed by atoms with Gasteiger partial charge in [0.15, 0.2) is 0 Å². The highest BCUT2D eigenvalue weighted by molar-refractivity contribution is 6.31. The molecule has 0 bridgehead atoms. The number of hydrogen-bond acceptors (Lipinski definition) is 2. The Kier molecular flexibility index (Phi) is 3.46. The first-order valence-corrected chi connectivity index (χ1v) is 8.00. The van der Waals surface area contributed by atoms with Crippen LogP contribution in [0.3, 0.4) is 0 Å². The fourth-order valence-corrected chi connectivity index (χ4v) is 4.07. The maximum Gasteiger partial charge on any atom is 0.0491 e. The molecule has 1 saturated heterocycles. The highest BCUT2D eigenvalue weighted by Crippen LogP contribution is 2.42. The van der Waals surface area contributed by atoms with Crippen molar-refractivity contribution in [2.24, 2.45) is 0 Å². The highest BCUT2D eigenvalue weighted by atomic mass is 35.5. The standard InChI is InChI=1S/C18H19ClN2/c19-16-8-4-7-14-15(13-5-2-1-3-6-13)12-21-10-9-20-11-17(21)18(14)16/h1-8,15,17,20H,9-12H2/t15-,17+/m0/s1. The fraction of sp³-hybridized carbons (Fsp3) is 0.333. The Morgan fingerprint density at radius 2 is 1.90 bits per heavy atom. The summed E-state index contributed by atoms with van der Waals surface area (Å²) in [6.45, 7) is 4.25. The van der Waals surface area contributed by atoms with Crippen LogP contribution in [0.25, 0.3) is 0 Å². The predicted molar refractivity (Wildman–Crippen MR) is 86.9 cm³/mol. The molecule has 0 saturated carbocycles. The molecule has 2 nitrogen and oxygen atoms in total. The molecule has 2 atom stereocenters. The molecular weight excluding hydrogens is 280 g/mol. The van der Waals surface area contributed by atoms with Crippen LogP contribution in [0.4, 0.5) is 0 Å². The molecule has 108 valence electrons. The zero-order chi connectivity index (χ0) is 14.2. The number of rotatable bonds is 1. The van der Waals surface area contributed by atoms with E-state index < -0.39 is 0 Å². The fourth-order valence-electron chi connectivity index (χ4n) is 3.76.